The number of anilines is 1. The van der Waals surface area contributed by atoms with E-state index in [2.05, 4.69) is 11.2 Å². The smallest absolute Gasteiger partial charge is 0.410 e. The number of hydrogen-bond donors (Lipinski definition) is 1. The first-order chi connectivity index (χ1) is 15.7. The van der Waals surface area contributed by atoms with Crippen LogP contribution in [0.25, 0.3) is 11.3 Å². The predicted molar refractivity (Wildman–Crippen MR) is 124 cm³/mol. The monoisotopic (exact) mass is 447 g/mol. The number of benzene rings is 1. The number of hydrogen-bond acceptors (Lipinski definition) is 6. The maximum atomic E-state index is 12.4. The molecule has 0 unspecified atom stereocenters. The Hall–Kier alpha value is -3.80. The Morgan fingerprint density at radius 2 is 1.94 bits per heavy atom. The molecular weight excluding hydrogens is 418 g/mol. The van der Waals surface area contributed by atoms with Crippen LogP contribution >= 0.6 is 0 Å². The molecule has 0 atom stereocenters. The van der Waals surface area contributed by atoms with E-state index in [9.17, 15) is 10.1 Å². The van der Waals surface area contributed by atoms with Crippen molar-refractivity contribution < 1.29 is 9.53 Å². The number of amides is 1. The second kappa shape index (κ2) is 8.98. The van der Waals surface area contributed by atoms with Crippen molar-refractivity contribution in [2.24, 2.45) is 0 Å². The van der Waals surface area contributed by atoms with Gasteiger partial charge in [0.25, 0.3) is 0 Å². The number of nitrogens with zero attached hydrogens (tertiary/aromatic N) is 6. The van der Waals surface area contributed by atoms with E-state index in [1.807, 2.05) is 62.0 Å². The van der Waals surface area contributed by atoms with Gasteiger partial charge in [0.1, 0.15) is 28.7 Å². The van der Waals surface area contributed by atoms with Crippen molar-refractivity contribution in [3.05, 3.63) is 53.9 Å². The lowest BCUT2D eigenvalue weighted by Gasteiger charge is -2.33. The van der Waals surface area contributed by atoms with Crippen molar-refractivity contribution in [1.29, 1.82) is 5.26 Å². The summed E-state index contributed by atoms with van der Waals surface area (Å²) in [6, 6.07) is 12.2. The molecule has 1 aromatic carbocycles. The normalized spacial score (nSPS) is 14.8. The van der Waals surface area contributed by atoms with Gasteiger partial charge in [0.2, 0.25) is 0 Å². The van der Waals surface area contributed by atoms with Crippen LogP contribution in [-0.4, -0.2) is 49.2 Å². The quantitative estimate of drug-likeness (QED) is 0.650. The van der Waals surface area contributed by atoms with Gasteiger partial charge >= 0.3 is 6.09 Å². The predicted octanol–water partition coefficient (Wildman–Crippen LogP) is 3.82. The second-order valence-electron chi connectivity index (χ2n) is 9.28. The van der Waals surface area contributed by atoms with E-state index in [1.54, 1.807) is 15.8 Å². The summed E-state index contributed by atoms with van der Waals surface area (Å²) in [6.45, 7) is 7.29. The van der Waals surface area contributed by atoms with Crippen molar-refractivity contribution in [1.82, 2.24) is 24.5 Å². The number of nitrogen functional groups attached to an aromatic ring is 1. The molecule has 3 aromatic rings. The molecule has 2 aromatic heterocycles. The SMILES string of the molecule is CC(C)(C)OC(=O)N1CCC(n2nc(-c3cnn(Cc4ccccc4)c3)c(C#N)c2N)CC1. The topological polar surface area (TPSA) is 115 Å². The molecule has 3 heterocycles. The van der Waals surface area contributed by atoms with Crippen molar-refractivity contribution in [2.75, 3.05) is 18.8 Å². The van der Waals surface area contributed by atoms with Gasteiger partial charge in [0, 0.05) is 24.8 Å². The molecule has 1 saturated heterocycles. The van der Waals surface area contributed by atoms with Crippen LogP contribution in [0.5, 0.6) is 0 Å². The van der Waals surface area contributed by atoms with E-state index in [-0.39, 0.29) is 12.1 Å². The highest BCUT2D eigenvalue weighted by molar-refractivity contribution is 5.72. The Morgan fingerprint density at radius 3 is 2.58 bits per heavy atom. The molecule has 1 fully saturated rings. The van der Waals surface area contributed by atoms with E-state index >= 15 is 0 Å². The fourth-order valence-electron chi connectivity index (χ4n) is 4.00. The third kappa shape index (κ3) is 5.00. The molecule has 0 saturated carbocycles. The minimum atomic E-state index is -0.526. The van der Waals surface area contributed by atoms with Crippen molar-refractivity contribution in [3.63, 3.8) is 0 Å². The highest BCUT2D eigenvalue weighted by Gasteiger charge is 2.30. The number of rotatable bonds is 4. The van der Waals surface area contributed by atoms with E-state index in [0.29, 0.717) is 49.6 Å². The number of piperidine rings is 1. The highest BCUT2D eigenvalue weighted by Crippen LogP contribution is 2.32. The lowest BCUT2D eigenvalue weighted by molar-refractivity contribution is 0.0185. The van der Waals surface area contributed by atoms with Gasteiger partial charge in [-0.2, -0.15) is 15.5 Å². The summed E-state index contributed by atoms with van der Waals surface area (Å²) in [4.78, 5) is 14.1. The lowest BCUT2D eigenvalue weighted by atomic mass is 10.1. The average Bonchev–Trinajstić information content (AvgIpc) is 3.37. The molecule has 0 bridgehead atoms. The zero-order chi connectivity index (χ0) is 23.6. The summed E-state index contributed by atoms with van der Waals surface area (Å²) in [7, 11) is 0. The van der Waals surface area contributed by atoms with Gasteiger partial charge in [0.05, 0.1) is 18.8 Å². The number of nitriles is 1. The minimum absolute atomic E-state index is 0.00361. The van der Waals surface area contributed by atoms with E-state index in [0.717, 1.165) is 11.1 Å². The van der Waals surface area contributed by atoms with E-state index in [1.165, 1.54) is 0 Å². The summed E-state index contributed by atoms with van der Waals surface area (Å²) < 4.78 is 9.02. The van der Waals surface area contributed by atoms with E-state index < -0.39 is 5.60 Å². The number of carbonyl (C=O) groups is 1. The third-order valence-corrected chi connectivity index (χ3v) is 5.62. The molecule has 2 N–H and O–H groups in total. The molecule has 1 aliphatic rings. The first-order valence-electron chi connectivity index (χ1n) is 11.1. The van der Waals surface area contributed by atoms with E-state index in [4.69, 9.17) is 15.6 Å². The number of likely N-dealkylation sites (tertiary alicyclic amines) is 1. The van der Waals surface area contributed by atoms with Crippen molar-refractivity contribution in [2.45, 2.75) is 51.8 Å². The number of carbonyl (C=O) groups excluding carboxylic acids is 1. The Morgan fingerprint density at radius 1 is 1.24 bits per heavy atom. The zero-order valence-corrected chi connectivity index (χ0v) is 19.2. The maximum absolute atomic E-state index is 12.4. The zero-order valence-electron chi connectivity index (χ0n) is 19.2. The van der Waals surface area contributed by atoms with Crippen LogP contribution in [0.2, 0.25) is 0 Å². The largest absolute Gasteiger partial charge is 0.444 e. The van der Waals surface area contributed by atoms with Crippen LogP contribution < -0.4 is 5.73 Å². The van der Waals surface area contributed by atoms with Gasteiger partial charge in [-0.15, -0.1) is 0 Å². The maximum Gasteiger partial charge on any atom is 0.410 e. The first-order valence-corrected chi connectivity index (χ1v) is 11.1. The summed E-state index contributed by atoms with van der Waals surface area (Å²) in [5.74, 6) is 0.346. The third-order valence-electron chi connectivity index (χ3n) is 5.62. The molecule has 0 radical (unpaired) electrons. The molecule has 1 aliphatic heterocycles. The van der Waals surface area contributed by atoms with Gasteiger partial charge < -0.3 is 15.4 Å². The Labute approximate surface area is 193 Å². The minimum Gasteiger partial charge on any atom is -0.444 e. The van der Waals surface area contributed by atoms with Crippen LogP contribution in [-0.2, 0) is 11.3 Å². The fourth-order valence-corrected chi connectivity index (χ4v) is 4.00. The summed E-state index contributed by atoms with van der Waals surface area (Å²) in [5.41, 5.74) is 8.58. The molecule has 1 amide bonds. The summed E-state index contributed by atoms with van der Waals surface area (Å²) in [6.07, 6.45) is 4.65. The Balaban J connectivity index is 1.50. The molecule has 9 nitrogen and oxygen atoms in total. The number of nitrogens with two attached hydrogens (primary N) is 1. The lowest BCUT2D eigenvalue weighted by Crippen LogP contribution is -2.42. The van der Waals surface area contributed by atoms with Crippen LogP contribution in [0.1, 0.15) is 50.8 Å². The molecule has 9 heteroatoms. The van der Waals surface area contributed by atoms with Crippen LogP contribution in [0.4, 0.5) is 10.6 Å². The summed E-state index contributed by atoms with van der Waals surface area (Å²) >= 11 is 0. The Kier molecular flexibility index (Phi) is 6.09. The number of ether oxygens (including phenoxy) is 1. The van der Waals surface area contributed by atoms with Crippen LogP contribution in [0.15, 0.2) is 42.7 Å². The molecule has 4 rings (SSSR count). The van der Waals surface area contributed by atoms with Crippen LogP contribution in [0.3, 0.4) is 0 Å². The fraction of sp³-hybridized carbons (Fsp3) is 0.417. The molecule has 33 heavy (non-hydrogen) atoms. The van der Waals surface area contributed by atoms with Gasteiger partial charge in [-0.25, -0.2) is 9.48 Å². The number of aromatic nitrogens is 4. The van der Waals surface area contributed by atoms with Gasteiger partial charge in [-0.05, 0) is 39.2 Å². The van der Waals surface area contributed by atoms with Crippen LogP contribution in [0, 0.1) is 11.3 Å². The summed E-state index contributed by atoms with van der Waals surface area (Å²) in [5, 5.41) is 18.9. The van der Waals surface area contributed by atoms with Gasteiger partial charge in [0.15, 0.2) is 0 Å². The Bertz CT molecular complexity index is 1160. The second-order valence-corrected chi connectivity index (χ2v) is 9.28. The van der Waals surface area contributed by atoms with Crippen molar-refractivity contribution in [3.8, 4) is 17.3 Å². The standard InChI is InChI=1S/C24H29N7O2/c1-24(2,3)33-23(32)29-11-9-19(10-12-29)31-22(26)20(13-25)21(28-31)18-14-27-30(16-18)15-17-7-5-4-6-8-17/h4-8,14,16,19H,9-12,15,26H2,1-3H3. The molecule has 0 aliphatic carbocycles. The van der Waals surface area contributed by atoms with Gasteiger partial charge in [-0.1, -0.05) is 30.3 Å². The average molecular weight is 448 g/mol. The molecular formula is C24H29N7O2. The van der Waals surface area contributed by atoms with Crippen molar-refractivity contribution >= 4 is 11.9 Å². The first kappa shape index (κ1) is 22.4. The molecule has 0 spiro atoms. The highest BCUT2D eigenvalue weighted by atomic mass is 16.6. The molecule has 172 valence electrons. The van der Waals surface area contributed by atoms with Gasteiger partial charge in [-0.3, -0.25) is 4.68 Å².